The smallest absolute Gasteiger partial charge is 0.119 e. The van der Waals surface area contributed by atoms with Gasteiger partial charge in [-0.2, -0.15) is 0 Å². The van der Waals surface area contributed by atoms with Crippen molar-refractivity contribution in [3.05, 3.63) is 24.3 Å². The van der Waals surface area contributed by atoms with Gasteiger partial charge in [0.15, 0.2) is 0 Å². The van der Waals surface area contributed by atoms with Gasteiger partial charge in [-0.05, 0) is 49.1 Å². The average molecular weight is 237 g/mol. The first-order valence-corrected chi connectivity index (χ1v) is 6.04. The molecule has 0 aliphatic rings. The molecule has 0 aliphatic heterocycles. The molecule has 0 unspecified atom stereocenters. The summed E-state index contributed by atoms with van der Waals surface area (Å²) in [6.07, 6.45) is 2.04. The van der Waals surface area contributed by atoms with Gasteiger partial charge in [0.05, 0.1) is 13.7 Å². The number of benzene rings is 1. The summed E-state index contributed by atoms with van der Waals surface area (Å²) < 4.78 is 10.8. The Morgan fingerprint density at radius 1 is 1.06 bits per heavy atom. The largest absolute Gasteiger partial charge is 0.497 e. The number of ether oxygens (including phenoxy) is 2. The Morgan fingerprint density at radius 2 is 1.65 bits per heavy atom. The molecule has 0 aliphatic carbocycles. The highest BCUT2D eigenvalue weighted by Crippen LogP contribution is 2.25. The van der Waals surface area contributed by atoms with Crippen LogP contribution in [0, 0.1) is 5.41 Å². The van der Waals surface area contributed by atoms with E-state index in [1.54, 1.807) is 7.11 Å². The van der Waals surface area contributed by atoms with Gasteiger partial charge in [-0.15, -0.1) is 0 Å². The van der Waals surface area contributed by atoms with Crippen molar-refractivity contribution in [3.8, 4) is 11.5 Å². The fraction of sp³-hybridized carbons (Fsp3) is 0.571. The molecule has 1 aromatic carbocycles. The minimum absolute atomic E-state index is 0.251. The van der Waals surface area contributed by atoms with Crippen molar-refractivity contribution in [1.29, 1.82) is 0 Å². The number of rotatable bonds is 7. The van der Waals surface area contributed by atoms with Crippen LogP contribution >= 0.6 is 0 Å². The van der Waals surface area contributed by atoms with Crippen molar-refractivity contribution in [3.63, 3.8) is 0 Å². The third-order valence-electron chi connectivity index (χ3n) is 2.93. The second kappa shape index (κ2) is 6.50. The molecule has 3 nitrogen and oxygen atoms in total. The van der Waals surface area contributed by atoms with E-state index in [4.69, 9.17) is 15.2 Å². The van der Waals surface area contributed by atoms with Crippen LogP contribution in [0.1, 0.15) is 26.7 Å². The highest BCUT2D eigenvalue weighted by molar-refractivity contribution is 5.31. The maximum atomic E-state index is 5.69. The fourth-order valence-electron chi connectivity index (χ4n) is 1.63. The first-order valence-electron chi connectivity index (χ1n) is 6.04. The third kappa shape index (κ3) is 5.09. The number of hydrogen-bond donors (Lipinski definition) is 1. The van der Waals surface area contributed by atoms with E-state index in [0.29, 0.717) is 0 Å². The summed E-state index contributed by atoms with van der Waals surface area (Å²) in [4.78, 5) is 0. The summed E-state index contributed by atoms with van der Waals surface area (Å²) in [5.74, 6) is 1.73. The third-order valence-corrected chi connectivity index (χ3v) is 2.93. The van der Waals surface area contributed by atoms with Crippen LogP contribution in [0.3, 0.4) is 0 Å². The monoisotopic (exact) mass is 237 g/mol. The Hall–Kier alpha value is -1.22. The maximum Gasteiger partial charge on any atom is 0.119 e. The van der Waals surface area contributed by atoms with Crippen LogP contribution in [-0.2, 0) is 0 Å². The second-order valence-corrected chi connectivity index (χ2v) is 4.98. The quantitative estimate of drug-likeness (QED) is 0.793. The average Bonchev–Trinajstić information content (AvgIpc) is 2.29. The van der Waals surface area contributed by atoms with Crippen molar-refractivity contribution in [2.45, 2.75) is 26.7 Å². The summed E-state index contributed by atoms with van der Waals surface area (Å²) in [7, 11) is 1.66. The molecule has 0 radical (unpaired) electrons. The highest BCUT2D eigenvalue weighted by atomic mass is 16.5. The zero-order valence-corrected chi connectivity index (χ0v) is 11.0. The molecule has 0 aromatic heterocycles. The van der Waals surface area contributed by atoms with Gasteiger partial charge in [-0.25, -0.2) is 0 Å². The van der Waals surface area contributed by atoms with E-state index in [0.717, 1.165) is 37.5 Å². The zero-order valence-electron chi connectivity index (χ0n) is 11.0. The Balaban J connectivity index is 2.35. The van der Waals surface area contributed by atoms with Crippen LogP contribution in [0.15, 0.2) is 24.3 Å². The molecule has 17 heavy (non-hydrogen) atoms. The van der Waals surface area contributed by atoms with Gasteiger partial charge in [-0.3, -0.25) is 0 Å². The summed E-state index contributed by atoms with van der Waals surface area (Å²) in [5.41, 5.74) is 5.83. The van der Waals surface area contributed by atoms with E-state index in [2.05, 4.69) is 13.8 Å². The lowest BCUT2D eigenvalue weighted by Gasteiger charge is -2.23. The SMILES string of the molecule is COc1ccc(OCCC(C)(C)CCN)cc1. The maximum absolute atomic E-state index is 5.69. The molecule has 0 spiro atoms. The topological polar surface area (TPSA) is 44.5 Å². The number of nitrogens with two attached hydrogens (primary N) is 1. The molecular weight excluding hydrogens is 214 g/mol. The van der Waals surface area contributed by atoms with Crippen molar-refractivity contribution in [2.24, 2.45) is 11.1 Å². The molecule has 0 saturated carbocycles. The van der Waals surface area contributed by atoms with Crippen molar-refractivity contribution >= 4 is 0 Å². The summed E-state index contributed by atoms with van der Waals surface area (Å²) >= 11 is 0. The number of methoxy groups -OCH3 is 1. The standard InChI is InChI=1S/C14H23NO2/c1-14(2,8-10-15)9-11-17-13-6-4-12(16-3)5-7-13/h4-7H,8-11,15H2,1-3H3. The second-order valence-electron chi connectivity index (χ2n) is 4.98. The molecule has 1 aromatic rings. The predicted octanol–water partition coefficient (Wildman–Crippen LogP) is 2.84. The van der Waals surface area contributed by atoms with Crippen LogP contribution in [0.2, 0.25) is 0 Å². The molecule has 2 N–H and O–H groups in total. The Bertz CT molecular complexity index is 319. The van der Waals surface area contributed by atoms with Gasteiger partial charge < -0.3 is 15.2 Å². The number of hydrogen-bond acceptors (Lipinski definition) is 3. The zero-order chi connectivity index (χ0) is 12.7. The summed E-state index contributed by atoms with van der Waals surface area (Å²) in [6.45, 7) is 5.89. The lowest BCUT2D eigenvalue weighted by Crippen LogP contribution is -2.19. The molecular formula is C14H23NO2. The van der Waals surface area contributed by atoms with E-state index in [9.17, 15) is 0 Å². The van der Waals surface area contributed by atoms with E-state index < -0.39 is 0 Å². The Kier molecular flexibility index (Phi) is 5.29. The van der Waals surface area contributed by atoms with Crippen molar-refractivity contribution in [2.75, 3.05) is 20.3 Å². The van der Waals surface area contributed by atoms with E-state index >= 15 is 0 Å². The molecule has 1 rings (SSSR count). The predicted molar refractivity (Wildman–Crippen MR) is 70.6 cm³/mol. The molecule has 0 bridgehead atoms. The van der Waals surface area contributed by atoms with Crippen LogP contribution in [0.4, 0.5) is 0 Å². The molecule has 96 valence electrons. The van der Waals surface area contributed by atoms with Crippen LogP contribution in [-0.4, -0.2) is 20.3 Å². The van der Waals surface area contributed by atoms with Gasteiger partial charge in [0.1, 0.15) is 11.5 Å². The van der Waals surface area contributed by atoms with Crippen LogP contribution in [0.25, 0.3) is 0 Å². The molecule has 0 fully saturated rings. The van der Waals surface area contributed by atoms with Crippen molar-refractivity contribution < 1.29 is 9.47 Å². The Morgan fingerprint density at radius 3 is 2.18 bits per heavy atom. The van der Waals surface area contributed by atoms with Gasteiger partial charge in [-0.1, -0.05) is 13.8 Å². The minimum Gasteiger partial charge on any atom is -0.497 e. The highest BCUT2D eigenvalue weighted by Gasteiger charge is 2.16. The van der Waals surface area contributed by atoms with E-state index in [-0.39, 0.29) is 5.41 Å². The first kappa shape index (κ1) is 13.8. The molecule has 0 atom stereocenters. The molecule has 0 saturated heterocycles. The first-order chi connectivity index (χ1) is 8.07. The summed E-state index contributed by atoms with van der Waals surface area (Å²) in [6, 6.07) is 7.66. The Labute approximate surface area is 104 Å². The van der Waals surface area contributed by atoms with Crippen LogP contribution in [0.5, 0.6) is 11.5 Å². The molecule has 0 heterocycles. The lowest BCUT2D eigenvalue weighted by atomic mass is 9.86. The fourth-order valence-corrected chi connectivity index (χ4v) is 1.63. The van der Waals surface area contributed by atoms with Gasteiger partial charge in [0, 0.05) is 0 Å². The van der Waals surface area contributed by atoms with Gasteiger partial charge in [0.2, 0.25) is 0 Å². The van der Waals surface area contributed by atoms with E-state index in [1.165, 1.54) is 0 Å². The van der Waals surface area contributed by atoms with Gasteiger partial charge in [0.25, 0.3) is 0 Å². The normalized spacial score (nSPS) is 11.3. The molecule has 0 amide bonds. The van der Waals surface area contributed by atoms with E-state index in [1.807, 2.05) is 24.3 Å². The van der Waals surface area contributed by atoms with Gasteiger partial charge >= 0.3 is 0 Å². The van der Waals surface area contributed by atoms with Crippen LogP contribution < -0.4 is 15.2 Å². The lowest BCUT2D eigenvalue weighted by molar-refractivity contribution is 0.219. The summed E-state index contributed by atoms with van der Waals surface area (Å²) in [5, 5.41) is 0. The molecule has 3 heteroatoms. The minimum atomic E-state index is 0.251. The van der Waals surface area contributed by atoms with Crippen molar-refractivity contribution in [1.82, 2.24) is 0 Å².